The second-order valence-electron chi connectivity index (χ2n) is 7.30. The molecule has 0 spiro atoms. The molecule has 2 aromatic rings. The highest BCUT2D eigenvalue weighted by atomic mass is 32.2. The van der Waals surface area contributed by atoms with E-state index >= 15 is 0 Å². The van der Waals surface area contributed by atoms with Crippen molar-refractivity contribution in [3.8, 4) is 5.75 Å². The summed E-state index contributed by atoms with van der Waals surface area (Å²) in [4.78, 5) is 18.0. The Morgan fingerprint density at radius 1 is 1.18 bits per heavy atom. The van der Waals surface area contributed by atoms with Crippen molar-refractivity contribution < 1.29 is 24.5 Å². The number of carbonyl (C=O) groups excluding carboxylic acids is 1. The fourth-order valence-electron chi connectivity index (χ4n) is 3.78. The van der Waals surface area contributed by atoms with Gasteiger partial charge in [-0.25, -0.2) is 10.2 Å². The number of phenols is 1. The molecule has 1 heterocycles. The van der Waals surface area contributed by atoms with E-state index in [4.69, 9.17) is 10.2 Å². The quantitative estimate of drug-likeness (QED) is 0.433. The number of hydrogen-bond acceptors (Lipinski definition) is 7. The number of aromatic hydroxyl groups is 1. The van der Waals surface area contributed by atoms with Gasteiger partial charge in [-0.05, 0) is 47.4 Å². The van der Waals surface area contributed by atoms with Crippen LogP contribution in [0.15, 0.2) is 51.9 Å². The maximum Gasteiger partial charge on any atom is 0.186 e. The predicted octanol–water partition coefficient (Wildman–Crippen LogP) is 4.92. The van der Waals surface area contributed by atoms with Gasteiger partial charge in [0, 0.05) is 16.5 Å². The zero-order chi connectivity index (χ0) is 20.1. The first-order valence-electron chi connectivity index (χ1n) is 8.88. The van der Waals surface area contributed by atoms with Crippen LogP contribution in [0.25, 0.3) is 0 Å². The summed E-state index contributed by atoms with van der Waals surface area (Å²) in [5.74, 6) is -0.0519. The summed E-state index contributed by atoms with van der Waals surface area (Å²) < 4.78 is 4.45. The number of phenolic OH excluding ortho intramolecular Hbond substituents is 1. The van der Waals surface area contributed by atoms with Crippen LogP contribution in [0.4, 0.5) is 5.69 Å². The fourth-order valence-corrected chi connectivity index (χ4v) is 4.18. The second-order valence-corrected chi connectivity index (χ2v) is 8.05. The summed E-state index contributed by atoms with van der Waals surface area (Å²) in [6.07, 6.45) is 2.51. The van der Waals surface area contributed by atoms with E-state index in [9.17, 15) is 9.90 Å². The van der Waals surface area contributed by atoms with E-state index in [0.29, 0.717) is 28.2 Å². The Labute approximate surface area is 166 Å². The molecule has 2 aromatic carbocycles. The monoisotopic (exact) mass is 397 g/mol. The first-order valence-corrected chi connectivity index (χ1v) is 9.62. The van der Waals surface area contributed by atoms with Gasteiger partial charge in [0.25, 0.3) is 0 Å². The van der Waals surface area contributed by atoms with Gasteiger partial charge >= 0.3 is 0 Å². The van der Waals surface area contributed by atoms with Crippen LogP contribution in [-0.4, -0.2) is 21.9 Å². The Bertz CT molecular complexity index is 1060. The molecule has 7 heteroatoms. The van der Waals surface area contributed by atoms with Gasteiger partial charge in [0.05, 0.1) is 28.3 Å². The molecule has 0 saturated heterocycles. The van der Waals surface area contributed by atoms with Gasteiger partial charge in [0.15, 0.2) is 5.78 Å². The average molecular weight is 397 g/mol. The first kappa shape index (κ1) is 18.9. The second kappa shape index (κ2) is 6.86. The van der Waals surface area contributed by atoms with E-state index in [1.54, 1.807) is 18.2 Å². The normalized spacial score (nSPS) is 16.6. The molecule has 28 heavy (non-hydrogen) atoms. The number of benzene rings is 2. The standard InChI is InChI=1S/C21H19NO5S/c1-4-11-5-6-12-13(7-11)17(23)9-15-20(12)22-16-10-19(28-27-26-25)18(24)8-14(16)21(15,2)3/h5-10,24-25H,4H2,1-3H3. The van der Waals surface area contributed by atoms with Gasteiger partial charge in [0.1, 0.15) is 5.75 Å². The molecule has 2 N–H and O–H groups in total. The van der Waals surface area contributed by atoms with Crippen LogP contribution in [0.5, 0.6) is 5.75 Å². The van der Waals surface area contributed by atoms with Crippen molar-refractivity contribution >= 4 is 29.2 Å². The number of allylic oxidation sites excluding steroid dienone is 2. The zero-order valence-electron chi connectivity index (χ0n) is 15.6. The summed E-state index contributed by atoms with van der Waals surface area (Å²) in [5, 5.41) is 22.3. The van der Waals surface area contributed by atoms with Crippen LogP contribution < -0.4 is 0 Å². The van der Waals surface area contributed by atoms with Gasteiger partial charge in [0.2, 0.25) is 0 Å². The van der Waals surface area contributed by atoms with Gasteiger partial charge in [-0.2, -0.15) is 0 Å². The Morgan fingerprint density at radius 3 is 2.68 bits per heavy atom. The SMILES string of the molecule is CCc1ccc2c(c1)C(=O)C=C1C2=Nc2cc(SOOO)c(O)cc2C1(C)C. The maximum absolute atomic E-state index is 12.8. The number of fused-ring (bicyclic) bond motifs is 4. The highest BCUT2D eigenvalue weighted by molar-refractivity contribution is 7.94. The summed E-state index contributed by atoms with van der Waals surface area (Å²) in [7, 11) is 0. The number of ketones is 1. The lowest BCUT2D eigenvalue weighted by Gasteiger charge is -2.37. The average Bonchev–Trinajstić information content (AvgIpc) is 2.68. The highest BCUT2D eigenvalue weighted by Gasteiger charge is 2.39. The molecule has 0 amide bonds. The zero-order valence-corrected chi connectivity index (χ0v) is 16.5. The van der Waals surface area contributed by atoms with Gasteiger partial charge in [-0.1, -0.05) is 37.9 Å². The van der Waals surface area contributed by atoms with Crippen molar-refractivity contribution in [1.29, 1.82) is 0 Å². The molecular weight excluding hydrogens is 378 g/mol. The molecule has 0 fully saturated rings. The highest BCUT2D eigenvalue weighted by Crippen LogP contribution is 2.48. The number of nitrogens with zero attached hydrogens (tertiary/aromatic N) is 1. The minimum absolute atomic E-state index is 0.0248. The Kier molecular flexibility index (Phi) is 4.63. The van der Waals surface area contributed by atoms with Crippen LogP contribution in [0.3, 0.4) is 0 Å². The molecule has 2 aliphatic rings. The van der Waals surface area contributed by atoms with Crippen LogP contribution in [-0.2, 0) is 21.2 Å². The number of rotatable bonds is 4. The van der Waals surface area contributed by atoms with Crippen LogP contribution >= 0.6 is 12.0 Å². The summed E-state index contributed by atoms with van der Waals surface area (Å²) in [6, 6.07) is 9.19. The lowest BCUT2D eigenvalue weighted by Crippen LogP contribution is -2.33. The smallest absolute Gasteiger partial charge is 0.186 e. The van der Waals surface area contributed by atoms with Crippen molar-refractivity contribution in [2.24, 2.45) is 4.99 Å². The molecule has 0 saturated carbocycles. The summed E-state index contributed by atoms with van der Waals surface area (Å²) in [5.41, 5.74) is 5.10. The van der Waals surface area contributed by atoms with E-state index in [2.05, 4.69) is 16.3 Å². The number of hydrogen-bond donors (Lipinski definition) is 2. The number of carbonyl (C=O) groups is 1. The van der Waals surface area contributed by atoms with Crippen molar-refractivity contribution in [2.45, 2.75) is 37.5 Å². The minimum atomic E-state index is -0.530. The third-order valence-corrected chi connectivity index (χ3v) is 5.99. The van der Waals surface area contributed by atoms with Crippen LogP contribution in [0.2, 0.25) is 0 Å². The van der Waals surface area contributed by atoms with Gasteiger partial charge < -0.3 is 5.11 Å². The fraction of sp³-hybridized carbons (Fsp3) is 0.238. The van der Waals surface area contributed by atoms with Gasteiger partial charge in [-0.15, -0.1) is 4.33 Å². The largest absolute Gasteiger partial charge is 0.507 e. The Balaban J connectivity index is 1.93. The first-order chi connectivity index (χ1) is 13.4. The molecular formula is C21H19NO5S. The maximum atomic E-state index is 12.8. The topological polar surface area (TPSA) is 88.4 Å². The van der Waals surface area contributed by atoms with Gasteiger partial charge in [-0.3, -0.25) is 4.79 Å². The molecule has 0 bridgehead atoms. The van der Waals surface area contributed by atoms with Crippen molar-refractivity contribution in [1.82, 2.24) is 0 Å². The minimum Gasteiger partial charge on any atom is -0.507 e. The summed E-state index contributed by atoms with van der Waals surface area (Å²) >= 11 is 0.680. The van der Waals surface area contributed by atoms with Crippen molar-refractivity contribution in [3.05, 3.63) is 64.2 Å². The Hall–Kier alpha value is -2.45. The Morgan fingerprint density at radius 2 is 1.96 bits per heavy atom. The molecule has 0 atom stereocenters. The van der Waals surface area contributed by atoms with E-state index in [1.165, 1.54) is 0 Å². The van der Waals surface area contributed by atoms with E-state index in [1.807, 2.05) is 32.0 Å². The number of aliphatic imine (C=N–C) groups is 1. The van der Waals surface area contributed by atoms with Crippen LogP contribution in [0.1, 0.15) is 47.8 Å². The predicted molar refractivity (Wildman–Crippen MR) is 106 cm³/mol. The lowest BCUT2D eigenvalue weighted by atomic mass is 9.69. The van der Waals surface area contributed by atoms with Crippen molar-refractivity contribution in [2.75, 3.05) is 0 Å². The molecule has 1 aliphatic heterocycles. The lowest BCUT2D eigenvalue weighted by molar-refractivity contribution is -0.432. The molecule has 6 nitrogen and oxygen atoms in total. The molecule has 4 rings (SSSR count). The third kappa shape index (κ3) is 2.87. The van der Waals surface area contributed by atoms with Crippen LogP contribution in [0, 0.1) is 0 Å². The van der Waals surface area contributed by atoms with Crippen molar-refractivity contribution in [3.63, 3.8) is 0 Å². The molecule has 0 unspecified atom stereocenters. The molecule has 0 aromatic heterocycles. The summed E-state index contributed by atoms with van der Waals surface area (Å²) in [6.45, 7) is 6.06. The third-order valence-electron chi connectivity index (χ3n) is 5.35. The molecule has 0 radical (unpaired) electrons. The van der Waals surface area contributed by atoms with E-state index in [0.717, 1.165) is 34.4 Å². The number of aryl methyl sites for hydroxylation is 1. The van der Waals surface area contributed by atoms with E-state index < -0.39 is 5.41 Å². The molecule has 144 valence electrons. The van der Waals surface area contributed by atoms with E-state index in [-0.39, 0.29) is 11.5 Å². The molecule has 1 aliphatic carbocycles.